The second-order valence-corrected chi connectivity index (χ2v) is 5.89. The van der Waals surface area contributed by atoms with Gasteiger partial charge in [0.15, 0.2) is 0 Å². The molecule has 0 aliphatic carbocycles. The molecule has 0 saturated carbocycles. The van der Waals surface area contributed by atoms with Crippen LogP contribution in [-0.2, 0) is 10.0 Å². The molecule has 1 saturated heterocycles. The third kappa shape index (κ3) is 6.00. The molecule has 1 aliphatic heterocycles. The van der Waals surface area contributed by atoms with Crippen LogP contribution in [0.4, 0.5) is 0 Å². The number of nitrogens with zero attached hydrogens (tertiary/aromatic N) is 1. The van der Waals surface area contributed by atoms with Crippen molar-refractivity contribution in [3.05, 3.63) is 0 Å². The number of sulfonamides is 1. The summed E-state index contributed by atoms with van der Waals surface area (Å²) in [6.07, 6.45) is 3.62. The molecule has 1 atom stereocenters. The van der Waals surface area contributed by atoms with Gasteiger partial charge in [0, 0.05) is 25.7 Å². The molecule has 1 heterocycles. The van der Waals surface area contributed by atoms with Gasteiger partial charge in [-0.3, -0.25) is 4.90 Å². The zero-order chi connectivity index (χ0) is 11.3. The van der Waals surface area contributed by atoms with Crippen molar-refractivity contribution in [1.29, 1.82) is 0 Å². The summed E-state index contributed by atoms with van der Waals surface area (Å²) >= 11 is 0. The Kier molecular flexibility index (Phi) is 7.50. The minimum atomic E-state index is -3.04. The average molecular weight is 272 g/mol. The summed E-state index contributed by atoms with van der Waals surface area (Å²) in [4.78, 5) is 2.34. The molecule has 0 aromatic carbocycles. The number of likely N-dealkylation sites (tertiary alicyclic amines) is 1. The number of halogens is 1. The van der Waals surface area contributed by atoms with Gasteiger partial charge in [-0.15, -0.1) is 12.4 Å². The largest absolute Gasteiger partial charge is 0.318 e. The molecule has 1 aliphatic rings. The highest BCUT2D eigenvalue weighted by Gasteiger charge is 2.23. The molecule has 2 N–H and O–H groups in total. The average Bonchev–Trinajstić information content (AvgIpc) is 2.51. The monoisotopic (exact) mass is 271 g/mol. The Labute approximate surface area is 104 Å². The third-order valence-electron chi connectivity index (χ3n) is 2.70. The second-order valence-electron chi connectivity index (χ2n) is 4.06. The lowest BCUT2D eigenvalue weighted by atomic mass is 10.2. The van der Waals surface area contributed by atoms with E-state index in [-0.39, 0.29) is 12.4 Å². The Morgan fingerprint density at radius 1 is 1.44 bits per heavy atom. The lowest BCUT2D eigenvalue weighted by molar-refractivity contribution is 0.255. The van der Waals surface area contributed by atoms with Crippen LogP contribution in [0.3, 0.4) is 0 Å². The minimum Gasteiger partial charge on any atom is -0.318 e. The van der Waals surface area contributed by atoms with Gasteiger partial charge in [-0.2, -0.15) is 0 Å². The highest BCUT2D eigenvalue weighted by molar-refractivity contribution is 7.88. The van der Waals surface area contributed by atoms with Gasteiger partial charge in [0.25, 0.3) is 0 Å². The molecule has 1 fully saturated rings. The zero-order valence-electron chi connectivity index (χ0n) is 9.90. The fourth-order valence-electron chi connectivity index (χ4n) is 2.03. The SMILES string of the molecule is CNCC1CCCN1CCNS(C)(=O)=O.Cl. The fraction of sp³-hybridized carbons (Fsp3) is 1.00. The highest BCUT2D eigenvalue weighted by atomic mass is 35.5. The van der Waals surface area contributed by atoms with Crippen LogP contribution in [0.15, 0.2) is 0 Å². The Balaban J connectivity index is 0.00000225. The summed E-state index contributed by atoms with van der Waals surface area (Å²) in [5.74, 6) is 0. The number of hydrogen-bond acceptors (Lipinski definition) is 4. The van der Waals surface area contributed by atoms with Crippen molar-refractivity contribution in [1.82, 2.24) is 14.9 Å². The molecule has 1 rings (SSSR count). The van der Waals surface area contributed by atoms with Crippen molar-refractivity contribution in [3.8, 4) is 0 Å². The Bertz CT molecular complexity index is 284. The van der Waals surface area contributed by atoms with E-state index in [9.17, 15) is 8.42 Å². The maximum absolute atomic E-state index is 10.9. The topological polar surface area (TPSA) is 61.4 Å². The van der Waals surface area contributed by atoms with Crippen LogP contribution in [0.2, 0.25) is 0 Å². The molecule has 0 radical (unpaired) electrons. The Morgan fingerprint density at radius 3 is 2.69 bits per heavy atom. The van der Waals surface area contributed by atoms with Gasteiger partial charge < -0.3 is 5.32 Å². The molecule has 0 spiro atoms. The maximum Gasteiger partial charge on any atom is 0.208 e. The molecule has 7 heteroatoms. The molecule has 0 aromatic heterocycles. The van der Waals surface area contributed by atoms with Crippen molar-refractivity contribution >= 4 is 22.4 Å². The van der Waals surface area contributed by atoms with Crippen LogP contribution in [-0.4, -0.2) is 58.8 Å². The molecule has 98 valence electrons. The van der Waals surface area contributed by atoms with Crippen molar-refractivity contribution in [2.24, 2.45) is 0 Å². The first-order valence-corrected chi connectivity index (χ1v) is 7.25. The van der Waals surface area contributed by atoms with E-state index in [0.717, 1.165) is 19.6 Å². The van der Waals surface area contributed by atoms with Crippen molar-refractivity contribution in [2.45, 2.75) is 18.9 Å². The van der Waals surface area contributed by atoms with Gasteiger partial charge in [-0.25, -0.2) is 13.1 Å². The lowest BCUT2D eigenvalue weighted by Crippen LogP contribution is -2.41. The summed E-state index contributed by atoms with van der Waals surface area (Å²) in [6.45, 7) is 3.38. The normalized spacial score (nSPS) is 22.0. The van der Waals surface area contributed by atoms with Crippen LogP contribution in [0, 0.1) is 0 Å². The molecular weight excluding hydrogens is 250 g/mol. The first kappa shape index (κ1) is 16.1. The summed E-state index contributed by atoms with van der Waals surface area (Å²) in [6, 6.07) is 0.566. The second kappa shape index (κ2) is 7.45. The lowest BCUT2D eigenvalue weighted by Gasteiger charge is -2.23. The van der Waals surface area contributed by atoms with Crippen molar-refractivity contribution in [2.75, 3.05) is 39.5 Å². The van der Waals surface area contributed by atoms with Gasteiger partial charge in [0.2, 0.25) is 10.0 Å². The van der Waals surface area contributed by atoms with E-state index in [0.29, 0.717) is 12.6 Å². The van der Waals surface area contributed by atoms with Gasteiger partial charge in [0.05, 0.1) is 6.26 Å². The Hall–Kier alpha value is 0.120. The molecule has 0 aromatic rings. The molecule has 16 heavy (non-hydrogen) atoms. The molecule has 5 nitrogen and oxygen atoms in total. The minimum absolute atomic E-state index is 0. The fourth-order valence-corrected chi connectivity index (χ4v) is 2.49. The quantitative estimate of drug-likeness (QED) is 0.693. The third-order valence-corrected chi connectivity index (χ3v) is 3.43. The standard InChI is InChI=1S/C9H21N3O2S.ClH/c1-10-8-9-4-3-6-12(9)7-5-11-15(2,13)14;/h9-11H,3-8H2,1-2H3;1H. The van der Waals surface area contributed by atoms with Crippen molar-refractivity contribution in [3.63, 3.8) is 0 Å². The van der Waals surface area contributed by atoms with E-state index >= 15 is 0 Å². The van der Waals surface area contributed by atoms with E-state index in [1.807, 2.05) is 7.05 Å². The van der Waals surface area contributed by atoms with Gasteiger partial charge >= 0.3 is 0 Å². The predicted molar refractivity (Wildman–Crippen MR) is 68.6 cm³/mol. The maximum atomic E-state index is 10.9. The zero-order valence-corrected chi connectivity index (χ0v) is 11.5. The van der Waals surface area contributed by atoms with Gasteiger partial charge in [-0.1, -0.05) is 0 Å². The van der Waals surface area contributed by atoms with E-state index in [1.54, 1.807) is 0 Å². The molecule has 0 amide bonds. The van der Waals surface area contributed by atoms with Crippen molar-refractivity contribution < 1.29 is 8.42 Å². The van der Waals surface area contributed by atoms with Crippen LogP contribution < -0.4 is 10.0 Å². The Morgan fingerprint density at radius 2 is 2.12 bits per heavy atom. The molecular formula is C9H22ClN3O2S. The van der Waals surface area contributed by atoms with Crippen LogP contribution >= 0.6 is 12.4 Å². The molecule has 0 bridgehead atoms. The predicted octanol–water partition coefficient (Wildman–Crippen LogP) is -0.359. The van der Waals surface area contributed by atoms with E-state index in [2.05, 4.69) is 14.9 Å². The number of likely N-dealkylation sites (N-methyl/N-ethyl adjacent to an activating group) is 1. The number of hydrogen-bond donors (Lipinski definition) is 2. The first-order valence-electron chi connectivity index (χ1n) is 5.36. The summed E-state index contributed by atoms with van der Waals surface area (Å²) in [7, 11) is -1.09. The smallest absolute Gasteiger partial charge is 0.208 e. The summed E-state index contributed by atoms with van der Waals surface area (Å²) in [5, 5.41) is 3.17. The van der Waals surface area contributed by atoms with Gasteiger partial charge in [-0.05, 0) is 26.4 Å². The van der Waals surface area contributed by atoms with Crippen LogP contribution in [0.5, 0.6) is 0 Å². The van der Waals surface area contributed by atoms with Gasteiger partial charge in [0.1, 0.15) is 0 Å². The number of rotatable bonds is 6. The van der Waals surface area contributed by atoms with E-state index in [4.69, 9.17) is 0 Å². The summed E-state index contributed by atoms with van der Waals surface area (Å²) < 4.78 is 24.3. The molecule has 1 unspecified atom stereocenters. The van der Waals surface area contributed by atoms with E-state index in [1.165, 1.54) is 19.1 Å². The summed E-state index contributed by atoms with van der Waals surface area (Å²) in [5.41, 5.74) is 0. The van der Waals surface area contributed by atoms with E-state index < -0.39 is 10.0 Å². The number of nitrogens with one attached hydrogen (secondary N) is 2. The van der Waals surface area contributed by atoms with Crippen LogP contribution in [0.1, 0.15) is 12.8 Å². The van der Waals surface area contributed by atoms with Crippen LogP contribution in [0.25, 0.3) is 0 Å². The highest BCUT2D eigenvalue weighted by Crippen LogP contribution is 2.15. The first-order chi connectivity index (χ1) is 7.03.